The summed E-state index contributed by atoms with van der Waals surface area (Å²) < 4.78 is 39.2. The lowest BCUT2D eigenvalue weighted by molar-refractivity contribution is -0.118. The van der Waals surface area contributed by atoms with Gasteiger partial charge in [-0.2, -0.15) is 8.78 Å². The molecule has 2 aromatic carbocycles. The van der Waals surface area contributed by atoms with E-state index in [1.54, 1.807) is 37.4 Å². The number of nitrogens with one attached hydrogen (secondary N) is 2. The van der Waals surface area contributed by atoms with Gasteiger partial charge in [0.1, 0.15) is 0 Å². The molecule has 168 valence electrons. The van der Waals surface area contributed by atoms with Gasteiger partial charge in [0.2, 0.25) is 5.91 Å². The average Bonchev–Trinajstić information content (AvgIpc) is 2.76. The van der Waals surface area contributed by atoms with Crippen LogP contribution in [0.1, 0.15) is 15.9 Å². The first-order valence-corrected chi connectivity index (χ1v) is 10.3. The van der Waals surface area contributed by atoms with Crippen molar-refractivity contribution in [2.45, 2.75) is 18.1 Å². The lowest BCUT2D eigenvalue weighted by atomic mass is 10.1. The number of methoxy groups -OCH3 is 2. The maximum Gasteiger partial charge on any atom is 0.387 e. The van der Waals surface area contributed by atoms with Crippen LogP contribution in [0.5, 0.6) is 11.5 Å². The maximum absolute atomic E-state index is 12.7. The van der Waals surface area contributed by atoms with E-state index in [2.05, 4.69) is 15.4 Å². The fraction of sp³-hybridized carbons (Fsp3) is 0.333. The summed E-state index contributed by atoms with van der Waals surface area (Å²) in [6.07, 6.45) is 0. The molecule has 0 saturated carbocycles. The van der Waals surface area contributed by atoms with Crippen molar-refractivity contribution in [1.29, 1.82) is 0 Å². The van der Waals surface area contributed by atoms with Crippen LogP contribution in [0.2, 0.25) is 0 Å². The number of carbonyl (C=O) groups is 2. The molecule has 0 fully saturated rings. The maximum atomic E-state index is 12.7. The molecule has 2 N–H and O–H groups in total. The molecule has 2 rings (SSSR count). The molecule has 2 aromatic rings. The highest BCUT2D eigenvalue weighted by molar-refractivity contribution is 8.00. The van der Waals surface area contributed by atoms with E-state index in [1.165, 1.54) is 31.0 Å². The second-order valence-electron chi connectivity index (χ2n) is 6.17. The van der Waals surface area contributed by atoms with Crippen molar-refractivity contribution in [3.63, 3.8) is 0 Å². The Hall–Kier alpha value is -2.85. The second-order valence-corrected chi connectivity index (χ2v) is 7.19. The normalized spacial score (nSPS) is 10.6. The van der Waals surface area contributed by atoms with E-state index in [1.807, 2.05) is 0 Å². The van der Waals surface area contributed by atoms with Gasteiger partial charge in [-0.3, -0.25) is 9.59 Å². The van der Waals surface area contributed by atoms with Gasteiger partial charge in [0, 0.05) is 25.1 Å². The molecule has 0 atom stereocenters. The molecule has 0 aromatic heterocycles. The molecule has 0 unspecified atom stereocenters. The third-order valence-corrected chi connectivity index (χ3v) is 5.09. The van der Waals surface area contributed by atoms with Crippen LogP contribution in [-0.4, -0.2) is 51.5 Å². The summed E-state index contributed by atoms with van der Waals surface area (Å²) in [6, 6.07) is 11.4. The smallest absolute Gasteiger partial charge is 0.387 e. The number of benzene rings is 2. The summed E-state index contributed by atoms with van der Waals surface area (Å²) in [5.74, 6) is -0.262. The third-order valence-electron chi connectivity index (χ3n) is 4.02. The first kappa shape index (κ1) is 24.4. The first-order chi connectivity index (χ1) is 14.9. The van der Waals surface area contributed by atoms with Gasteiger partial charge in [-0.1, -0.05) is 18.2 Å². The fourth-order valence-corrected chi connectivity index (χ4v) is 3.44. The van der Waals surface area contributed by atoms with Crippen molar-refractivity contribution in [3.8, 4) is 11.5 Å². The second kappa shape index (κ2) is 12.8. The molecule has 2 amide bonds. The summed E-state index contributed by atoms with van der Waals surface area (Å²) in [5, 5.41) is 5.50. The van der Waals surface area contributed by atoms with Crippen LogP contribution in [0, 0.1) is 0 Å². The van der Waals surface area contributed by atoms with Crippen LogP contribution in [0.4, 0.5) is 8.78 Å². The molecule has 31 heavy (non-hydrogen) atoms. The Bertz CT molecular complexity index is 883. The molecule has 0 aliphatic rings. The zero-order valence-corrected chi connectivity index (χ0v) is 18.0. The zero-order valence-electron chi connectivity index (χ0n) is 17.2. The number of hydrogen-bond acceptors (Lipinski definition) is 6. The van der Waals surface area contributed by atoms with Crippen molar-refractivity contribution in [2.24, 2.45) is 0 Å². The Morgan fingerprint density at radius 3 is 2.55 bits per heavy atom. The van der Waals surface area contributed by atoms with Crippen molar-refractivity contribution in [3.05, 3.63) is 53.6 Å². The molecule has 0 radical (unpaired) electrons. The molecule has 10 heteroatoms. The minimum Gasteiger partial charge on any atom is -0.493 e. The fourth-order valence-electron chi connectivity index (χ4n) is 2.56. The van der Waals surface area contributed by atoms with Crippen molar-refractivity contribution < 1.29 is 32.6 Å². The summed E-state index contributed by atoms with van der Waals surface area (Å²) in [4.78, 5) is 25.2. The van der Waals surface area contributed by atoms with E-state index in [0.717, 1.165) is 0 Å². The molecule has 0 aliphatic heterocycles. The predicted octanol–water partition coefficient (Wildman–Crippen LogP) is 3.08. The summed E-state index contributed by atoms with van der Waals surface area (Å²) >= 11 is 1.26. The molecular weight excluding hydrogens is 430 g/mol. The Labute approximate surface area is 183 Å². The number of halogens is 2. The minimum atomic E-state index is -2.96. The predicted molar refractivity (Wildman–Crippen MR) is 113 cm³/mol. The van der Waals surface area contributed by atoms with Gasteiger partial charge in [-0.15, -0.1) is 11.8 Å². The monoisotopic (exact) mass is 454 g/mol. The first-order valence-electron chi connectivity index (χ1n) is 9.32. The van der Waals surface area contributed by atoms with Gasteiger partial charge in [0.05, 0.1) is 25.0 Å². The van der Waals surface area contributed by atoms with Gasteiger partial charge in [0.15, 0.2) is 11.5 Å². The number of amides is 2. The highest BCUT2D eigenvalue weighted by Gasteiger charge is 2.14. The van der Waals surface area contributed by atoms with E-state index < -0.39 is 6.61 Å². The van der Waals surface area contributed by atoms with Crippen LogP contribution in [0.15, 0.2) is 47.4 Å². The average molecular weight is 454 g/mol. The highest BCUT2D eigenvalue weighted by atomic mass is 32.2. The topological polar surface area (TPSA) is 85.9 Å². The molecule has 0 saturated heterocycles. The minimum absolute atomic E-state index is 0.0851. The van der Waals surface area contributed by atoms with Crippen LogP contribution in [0.3, 0.4) is 0 Å². The zero-order chi connectivity index (χ0) is 22.6. The van der Waals surface area contributed by atoms with E-state index in [0.29, 0.717) is 29.2 Å². The molecule has 0 aliphatic carbocycles. The Morgan fingerprint density at radius 1 is 1.06 bits per heavy atom. The van der Waals surface area contributed by atoms with Crippen LogP contribution in [-0.2, 0) is 16.1 Å². The quantitative estimate of drug-likeness (QED) is 0.379. The van der Waals surface area contributed by atoms with Crippen molar-refractivity contribution in [1.82, 2.24) is 10.6 Å². The summed E-state index contributed by atoms with van der Waals surface area (Å²) in [5.41, 5.74) is 1.08. The third kappa shape index (κ3) is 8.06. The van der Waals surface area contributed by atoms with Gasteiger partial charge >= 0.3 is 6.61 Å². The molecule has 7 nitrogen and oxygen atoms in total. The Balaban J connectivity index is 1.97. The van der Waals surface area contributed by atoms with Gasteiger partial charge in [-0.05, 0) is 29.8 Å². The number of ether oxygens (including phenoxy) is 3. The number of alkyl halides is 2. The van der Waals surface area contributed by atoms with E-state index in [9.17, 15) is 18.4 Å². The van der Waals surface area contributed by atoms with E-state index in [-0.39, 0.29) is 35.6 Å². The number of carbonyl (C=O) groups excluding carboxylic acids is 2. The molecule has 0 bridgehead atoms. The molecule has 0 heterocycles. The van der Waals surface area contributed by atoms with Crippen LogP contribution >= 0.6 is 11.8 Å². The lowest BCUT2D eigenvalue weighted by Crippen LogP contribution is -2.28. The van der Waals surface area contributed by atoms with Crippen LogP contribution in [0.25, 0.3) is 0 Å². The largest absolute Gasteiger partial charge is 0.493 e. The highest BCUT2D eigenvalue weighted by Crippen LogP contribution is 2.29. The Morgan fingerprint density at radius 2 is 1.84 bits per heavy atom. The number of hydrogen-bond donors (Lipinski definition) is 2. The summed E-state index contributed by atoms with van der Waals surface area (Å²) in [6.45, 7) is -1.96. The number of rotatable bonds is 12. The van der Waals surface area contributed by atoms with E-state index in [4.69, 9.17) is 9.47 Å². The van der Waals surface area contributed by atoms with Crippen molar-refractivity contribution in [2.75, 3.05) is 33.1 Å². The van der Waals surface area contributed by atoms with Crippen molar-refractivity contribution >= 4 is 23.6 Å². The van der Waals surface area contributed by atoms with E-state index >= 15 is 0 Å². The Kier molecular flexibility index (Phi) is 10.0. The lowest BCUT2D eigenvalue weighted by Gasteiger charge is -2.13. The van der Waals surface area contributed by atoms with Gasteiger partial charge in [-0.25, -0.2) is 0 Å². The summed E-state index contributed by atoms with van der Waals surface area (Å²) in [7, 11) is 2.90. The molecule has 0 spiro atoms. The molecular formula is C21H24F2N2O5S. The SMILES string of the molecule is COCCNC(=O)CSc1ccccc1C(=O)NCc1ccc(OC(F)F)c(OC)c1. The van der Waals surface area contributed by atoms with Gasteiger partial charge < -0.3 is 24.8 Å². The standard InChI is InChI=1S/C21H24F2N2O5S/c1-28-10-9-24-19(26)13-31-18-6-4-3-5-15(18)20(27)25-12-14-7-8-16(30-21(22)23)17(11-14)29-2/h3-8,11,21H,9-10,12-13H2,1-2H3,(H,24,26)(H,25,27). The number of thioether (sulfide) groups is 1. The van der Waals surface area contributed by atoms with Gasteiger partial charge in [0.25, 0.3) is 5.91 Å². The van der Waals surface area contributed by atoms with Crippen LogP contribution < -0.4 is 20.1 Å².